The minimum absolute atomic E-state index is 0.0457. The zero-order valence-corrected chi connectivity index (χ0v) is 19.2. The largest absolute Gasteiger partial charge is 0.478 e. The molecule has 0 radical (unpaired) electrons. The number of carbonyl (C=O) groups is 4. The molecule has 0 saturated carbocycles. The zero-order valence-electron chi connectivity index (χ0n) is 19.2. The minimum atomic E-state index is -4.72. The van der Waals surface area contributed by atoms with Crippen LogP contribution in [0.5, 0.6) is 0 Å². The summed E-state index contributed by atoms with van der Waals surface area (Å²) in [5, 5.41) is 11.8. The number of esters is 2. The van der Waals surface area contributed by atoms with Crippen LogP contribution < -0.4 is 5.32 Å². The monoisotopic (exact) mass is 515 g/mol. The van der Waals surface area contributed by atoms with Gasteiger partial charge < -0.3 is 19.9 Å². The Balaban J connectivity index is 1.94. The summed E-state index contributed by atoms with van der Waals surface area (Å²) < 4.78 is 50.0. The Bertz CT molecular complexity index is 1290. The van der Waals surface area contributed by atoms with E-state index in [4.69, 9.17) is 9.47 Å². The number of carboxylic acids is 1. The molecule has 0 spiro atoms. The molecule has 0 bridgehead atoms. The van der Waals surface area contributed by atoms with E-state index in [-0.39, 0.29) is 22.4 Å². The van der Waals surface area contributed by atoms with E-state index >= 15 is 0 Å². The highest BCUT2D eigenvalue weighted by atomic mass is 19.4. The lowest BCUT2D eigenvalue weighted by Gasteiger charge is -2.24. The van der Waals surface area contributed by atoms with Gasteiger partial charge in [0.05, 0.1) is 16.7 Å². The highest BCUT2D eigenvalue weighted by molar-refractivity contribution is 6.01. The van der Waals surface area contributed by atoms with Gasteiger partial charge in [0.15, 0.2) is 0 Å². The summed E-state index contributed by atoms with van der Waals surface area (Å²) >= 11 is 0. The molecule has 0 aliphatic carbocycles. The van der Waals surface area contributed by atoms with Crippen molar-refractivity contribution < 1.29 is 46.9 Å². The van der Waals surface area contributed by atoms with E-state index in [0.717, 1.165) is 12.1 Å². The number of aryl methyl sites for hydroxylation is 1. The molecule has 1 amide bonds. The Hall–Kier alpha value is -4.67. The van der Waals surface area contributed by atoms with Crippen molar-refractivity contribution in [2.24, 2.45) is 0 Å². The Labute approximate surface area is 208 Å². The number of carboxylic acid groups (broad SMARTS) is 1. The fourth-order valence-corrected chi connectivity index (χ4v) is 3.23. The molecule has 37 heavy (non-hydrogen) atoms. The molecule has 0 fully saturated rings. The number of anilines is 1. The SMILES string of the molecule is Cc1ccc(NC(=O)C(OC(=O)c2ccccc2)[C@@H](OC(=O)c2ccccc2)C(=O)O)cc1C(F)(F)F. The summed E-state index contributed by atoms with van der Waals surface area (Å²) in [6.45, 7) is 1.22. The molecule has 2 N–H and O–H groups in total. The third-order valence-corrected chi connectivity index (χ3v) is 5.07. The zero-order chi connectivity index (χ0) is 27.2. The second-order valence-electron chi connectivity index (χ2n) is 7.74. The molecule has 3 aromatic rings. The molecule has 0 aromatic heterocycles. The summed E-state index contributed by atoms with van der Waals surface area (Å²) in [5.41, 5.74) is -1.59. The van der Waals surface area contributed by atoms with Crippen LogP contribution in [0, 0.1) is 6.92 Å². The fourth-order valence-electron chi connectivity index (χ4n) is 3.23. The first-order valence-corrected chi connectivity index (χ1v) is 10.7. The van der Waals surface area contributed by atoms with Crippen molar-refractivity contribution in [3.63, 3.8) is 0 Å². The minimum Gasteiger partial charge on any atom is -0.478 e. The average Bonchev–Trinajstić information content (AvgIpc) is 2.87. The molecular formula is C26H20F3NO7. The second-order valence-corrected chi connectivity index (χ2v) is 7.74. The van der Waals surface area contributed by atoms with Gasteiger partial charge in [-0.05, 0) is 48.9 Å². The summed E-state index contributed by atoms with van der Waals surface area (Å²) in [7, 11) is 0. The van der Waals surface area contributed by atoms with Crippen LogP contribution in [0.1, 0.15) is 31.8 Å². The van der Waals surface area contributed by atoms with Crippen LogP contribution >= 0.6 is 0 Å². The van der Waals surface area contributed by atoms with Crippen LogP contribution in [0.4, 0.5) is 18.9 Å². The van der Waals surface area contributed by atoms with Gasteiger partial charge in [-0.25, -0.2) is 14.4 Å². The maximum Gasteiger partial charge on any atom is 0.416 e. The summed E-state index contributed by atoms with van der Waals surface area (Å²) in [4.78, 5) is 50.2. The summed E-state index contributed by atoms with van der Waals surface area (Å²) in [6, 6.07) is 17.4. The number of ether oxygens (including phenoxy) is 2. The quantitative estimate of drug-likeness (QED) is 0.425. The standard InChI is InChI=1S/C26H20F3NO7/c1-15-12-13-18(14-19(15)26(27,28)29)30-22(31)20(36-24(34)16-8-4-2-5-9-16)21(23(32)33)37-25(35)17-10-6-3-7-11-17/h2-14,20-21H,1H3,(H,30,31)(H,32,33)/t20?,21-/m1/s1. The van der Waals surface area contributed by atoms with Gasteiger partial charge in [0.1, 0.15) is 0 Å². The van der Waals surface area contributed by atoms with Crippen LogP contribution in [-0.2, 0) is 25.2 Å². The first kappa shape index (κ1) is 26.9. The van der Waals surface area contributed by atoms with E-state index in [2.05, 4.69) is 5.32 Å². The van der Waals surface area contributed by atoms with Crippen molar-refractivity contribution in [3.05, 3.63) is 101 Å². The van der Waals surface area contributed by atoms with E-state index in [1.807, 2.05) is 0 Å². The molecule has 11 heteroatoms. The maximum absolute atomic E-state index is 13.3. The molecular weight excluding hydrogens is 495 g/mol. The van der Waals surface area contributed by atoms with E-state index < -0.39 is 47.8 Å². The lowest BCUT2D eigenvalue weighted by atomic mass is 10.1. The molecule has 3 aromatic carbocycles. The molecule has 2 atom stereocenters. The fraction of sp³-hybridized carbons (Fsp3) is 0.154. The predicted molar refractivity (Wildman–Crippen MR) is 124 cm³/mol. The van der Waals surface area contributed by atoms with Crippen LogP contribution in [0.2, 0.25) is 0 Å². The van der Waals surface area contributed by atoms with Crippen molar-refractivity contribution in [2.45, 2.75) is 25.3 Å². The molecule has 0 heterocycles. The maximum atomic E-state index is 13.3. The molecule has 1 unspecified atom stereocenters. The van der Waals surface area contributed by atoms with Gasteiger partial charge in [-0.1, -0.05) is 42.5 Å². The number of hydrogen-bond donors (Lipinski definition) is 2. The van der Waals surface area contributed by atoms with Gasteiger partial charge in [0, 0.05) is 5.69 Å². The number of rotatable bonds is 8. The Morgan fingerprint density at radius 3 is 1.73 bits per heavy atom. The first-order valence-electron chi connectivity index (χ1n) is 10.7. The van der Waals surface area contributed by atoms with Crippen molar-refractivity contribution >= 4 is 29.5 Å². The predicted octanol–water partition coefficient (Wildman–Crippen LogP) is 4.49. The van der Waals surface area contributed by atoms with E-state index in [0.29, 0.717) is 6.07 Å². The van der Waals surface area contributed by atoms with Gasteiger partial charge in [0.2, 0.25) is 12.2 Å². The van der Waals surface area contributed by atoms with Gasteiger partial charge in [0.25, 0.3) is 5.91 Å². The van der Waals surface area contributed by atoms with Crippen molar-refractivity contribution in [1.82, 2.24) is 0 Å². The second kappa shape index (κ2) is 11.4. The Kier molecular flexibility index (Phi) is 8.28. The topological polar surface area (TPSA) is 119 Å². The van der Waals surface area contributed by atoms with Crippen LogP contribution in [-0.4, -0.2) is 41.1 Å². The third-order valence-electron chi connectivity index (χ3n) is 5.07. The van der Waals surface area contributed by atoms with Crippen molar-refractivity contribution in [1.29, 1.82) is 0 Å². The number of aliphatic carboxylic acids is 1. The number of hydrogen-bond acceptors (Lipinski definition) is 6. The average molecular weight is 515 g/mol. The molecule has 3 rings (SSSR count). The molecule has 8 nitrogen and oxygen atoms in total. The highest BCUT2D eigenvalue weighted by Gasteiger charge is 2.41. The number of carbonyl (C=O) groups excluding carboxylic acids is 3. The third kappa shape index (κ3) is 6.94. The van der Waals surface area contributed by atoms with Crippen molar-refractivity contribution in [3.8, 4) is 0 Å². The van der Waals surface area contributed by atoms with Gasteiger partial charge in [-0.2, -0.15) is 13.2 Å². The number of halogens is 3. The summed E-state index contributed by atoms with van der Waals surface area (Å²) in [5.74, 6) is -5.40. The number of amides is 1. The van der Waals surface area contributed by atoms with Crippen LogP contribution in [0.15, 0.2) is 78.9 Å². The smallest absolute Gasteiger partial charge is 0.416 e. The normalized spacial score (nSPS) is 12.6. The Morgan fingerprint density at radius 1 is 0.784 bits per heavy atom. The van der Waals surface area contributed by atoms with Crippen LogP contribution in [0.3, 0.4) is 0 Å². The molecule has 0 aliphatic rings. The number of alkyl halides is 3. The van der Waals surface area contributed by atoms with E-state index in [9.17, 15) is 37.5 Å². The molecule has 192 valence electrons. The van der Waals surface area contributed by atoms with E-state index in [1.165, 1.54) is 55.5 Å². The van der Waals surface area contributed by atoms with Gasteiger partial charge >= 0.3 is 24.1 Å². The first-order chi connectivity index (χ1) is 17.5. The number of nitrogens with one attached hydrogen (secondary N) is 1. The number of benzene rings is 3. The lowest BCUT2D eigenvalue weighted by molar-refractivity contribution is -0.157. The summed E-state index contributed by atoms with van der Waals surface area (Å²) in [6.07, 6.45) is -9.31. The van der Waals surface area contributed by atoms with E-state index in [1.54, 1.807) is 12.1 Å². The van der Waals surface area contributed by atoms with Crippen molar-refractivity contribution in [2.75, 3.05) is 5.32 Å². The molecule has 0 saturated heterocycles. The van der Waals surface area contributed by atoms with Gasteiger partial charge in [-0.15, -0.1) is 0 Å². The lowest BCUT2D eigenvalue weighted by Crippen LogP contribution is -2.48. The highest BCUT2D eigenvalue weighted by Crippen LogP contribution is 2.33. The van der Waals surface area contributed by atoms with Gasteiger partial charge in [-0.3, -0.25) is 4.79 Å². The molecule has 0 aliphatic heterocycles. The Morgan fingerprint density at radius 2 is 1.27 bits per heavy atom. The van der Waals surface area contributed by atoms with Crippen LogP contribution in [0.25, 0.3) is 0 Å².